The molecule has 1 fully saturated rings. The largest absolute Gasteiger partial charge is 0.397 e. The number of rotatable bonds is 2. The maximum atomic E-state index is 11.3. The van der Waals surface area contributed by atoms with Gasteiger partial charge in [0.25, 0.3) is 5.91 Å². The first-order chi connectivity index (χ1) is 8.89. The number of thioether (sulfide) groups is 1. The summed E-state index contributed by atoms with van der Waals surface area (Å²) in [5, 5.41) is 0. The molecule has 0 unspecified atom stereocenters. The second kappa shape index (κ2) is 5.28. The van der Waals surface area contributed by atoms with E-state index in [1.807, 2.05) is 11.8 Å². The molecule has 2 rings (SSSR count). The first kappa shape index (κ1) is 14.0. The van der Waals surface area contributed by atoms with Gasteiger partial charge in [-0.25, -0.2) is 4.98 Å². The molecule has 2 heterocycles. The summed E-state index contributed by atoms with van der Waals surface area (Å²) in [6, 6.07) is 1.70. The summed E-state index contributed by atoms with van der Waals surface area (Å²) >= 11 is 1.97. The number of carbonyl (C=O) groups excluding carboxylic acids is 1. The van der Waals surface area contributed by atoms with Crippen molar-refractivity contribution in [3.8, 4) is 0 Å². The molecule has 104 valence electrons. The van der Waals surface area contributed by atoms with E-state index >= 15 is 0 Å². The van der Waals surface area contributed by atoms with Gasteiger partial charge in [-0.3, -0.25) is 4.79 Å². The molecule has 6 heteroatoms. The number of nitrogen functional groups attached to an aromatic ring is 1. The molecule has 0 atom stereocenters. The molecule has 5 nitrogen and oxygen atoms in total. The second-order valence-electron chi connectivity index (χ2n) is 5.34. The van der Waals surface area contributed by atoms with Gasteiger partial charge in [-0.05, 0) is 12.5 Å². The van der Waals surface area contributed by atoms with Crippen molar-refractivity contribution in [3.63, 3.8) is 0 Å². The number of primary amides is 1. The Kier molecular flexibility index (Phi) is 3.89. The Hall–Kier alpha value is -1.43. The van der Waals surface area contributed by atoms with Crippen LogP contribution in [-0.4, -0.2) is 34.5 Å². The minimum atomic E-state index is -0.509. The summed E-state index contributed by atoms with van der Waals surface area (Å²) in [7, 11) is 0. The average molecular weight is 280 g/mol. The van der Waals surface area contributed by atoms with Crippen molar-refractivity contribution in [2.45, 2.75) is 25.0 Å². The molecule has 19 heavy (non-hydrogen) atoms. The zero-order valence-electron chi connectivity index (χ0n) is 11.3. The predicted molar refractivity (Wildman–Crippen MR) is 80.5 cm³/mol. The lowest BCUT2D eigenvalue weighted by molar-refractivity contribution is 0.100. The maximum Gasteiger partial charge on any atom is 0.250 e. The smallest absolute Gasteiger partial charge is 0.250 e. The highest BCUT2D eigenvalue weighted by Crippen LogP contribution is 2.32. The highest BCUT2D eigenvalue weighted by molar-refractivity contribution is 8.00. The van der Waals surface area contributed by atoms with Crippen LogP contribution in [-0.2, 0) is 0 Å². The number of carbonyl (C=O) groups is 1. The fourth-order valence-corrected chi connectivity index (χ4v) is 3.19. The lowest BCUT2D eigenvalue weighted by Crippen LogP contribution is -2.28. The van der Waals surface area contributed by atoms with Crippen LogP contribution in [0.2, 0.25) is 0 Å². The first-order valence-corrected chi connectivity index (χ1v) is 7.32. The molecule has 1 aliphatic rings. The van der Waals surface area contributed by atoms with Gasteiger partial charge in [0.1, 0.15) is 5.82 Å². The van der Waals surface area contributed by atoms with E-state index in [9.17, 15) is 4.79 Å². The second-order valence-corrected chi connectivity index (χ2v) is 7.14. The van der Waals surface area contributed by atoms with Crippen molar-refractivity contribution in [3.05, 3.63) is 17.8 Å². The Bertz CT molecular complexity index is 490. The van der Waals surface area contributed by atoms with E-state index in [0.29, 0.717) is 11.3 Å². The molecule has 1 aromatic heterocycles. The first-order valence-electron chi connectivity index (χ1n) is 6.33. The lowest BCUT2D eigenvalue weighted by atomic mass is 10.1. The summed E-state index contributed by atoms with van der Waals surface area (Å²) in [6.45, 7) is 6.36. The number of anilines is 2. The average Bonchev–Trinajstić information content (AvgIpc) is 2.51. The van der Waals surface area contributed by atoms with E-state index in [1.54, 1.807) is 6.07 Å². The molecular formula is C13H20N4OS. The number of hydrogen-bond acceptors (Lipinski definition) is 5. The van der Waals surface area contributed by atoms with E-state index in [-0.39, 0.29) is 4.75 Å². The molecule has 0 radical (unpaired) electrons. The monoisotopic (exact) mass is 280 g/mol. The van der Waals surface area contributed by atoms with Gasteiger partial charge >= 0.3 is 0 Å². The predicted octanol–water partition coefficient (Wildman–Crippen LogP) is 1.48. The van der Waals surface area contributed by atoms with Crippen molar-refractivity contribution < 1.29 is 4.79 Å². The van der Waals surface area contributed by atoms with Crippen LogP contribution in [0.1, 0.15) is 30.6 Å². The van der Waals surface area contributed by atoms with Crippen molar-refractivity contribution >= 4 is 29.2 Å². The van der Waals surface area contributed by atoms with E-state index in [1.165, 1.54) is 6.20 Å². The van der Waals surface area contributed by atoms with Crippen LogP contribution in [0.3, 0.4) is 0 Å². The molecule has 0 aromatic carbocycles. The fourth-order valence-electron chi connectivity index (χ4n) is 2.09. The summed E-state index contributed by atoms with van der Waals surface area (Å²) in [4.78, 5) is 17.8. The number of pyridine rings is 1. The number of nitrogens with two attached hydrogens (primary N) is 2. The molecule has 1 aromatic rings. The highest BCUT2D eigenvalue weighted by atomic mass is 32.2. The van der Waals surface area contributed by atoms with Crippen LogP contribution >= 0.6 is 11.8 Å². The fraction of sp³-hybridized carbons (Fsp3) is 0.538. The maximum absolute atomic E-state index is 11.3. The quantitative estimate of drug-likeness (QED) is 0.857. The number of nitrogens with zero attached hydrogens (tertiary/aromatic N) is 2. The highest BCUT2D eigenvalue weighted by Gasteiger charge is 2.24. The molecule has 0 saturated carbocycles. The van der Waals surface area contributed by atoms with Crippen LogP contribution in [0.15, 0.2) is 12.3 Å². The molecule has 1 saturated heterocycles. The summed E-state index contributed by atoms with van der Waals surface area (Å²) < 4.78 is 0.287. The van der Waals surface area contributed by atoms with E-state index in [0.717, 1.165) is 31.1 Å². The third kappa shape index (κ3) is 3.32. The molecule has 4 N–H and O–H groups in total. The molecule has 0 aliphatic carbocycles. The zero-order valence-corrected chi connectivity index (χ0v) is 12.2. The Balaban J connectivity index is 2.22. The topological polar surface area (TPSA) is 85.2 Å². The van der Waals surface area contributed by atoms with Gasteiger partial charge in [0, 0.05) is 23.6 Å². The van der Waals surface area contributed by atoms with E-state index in [2.05, 4.69) is 23.7 Å². The molecule has 1 amide bonds. The van der Waals surface area contributed by atoms with Gasteiger partial charge in [0.05, 0.1) is 17.4 Å². The number of hydrogen-bond donors (Lipinski definition) is 2. The molecule has 0 spiro atoms. The standard InChI is InChI=1S/C13H20N4OS/c1-13(2)3-4-17(5-6-19-13)11-7-9(12(15)18)10(14)8-16-11/h7-8H,3-6,14H2,1-2H3,(H2,15,18). The third-order valence-corrected chi connectivity index (χ3v) is 4.72. The minimum Gasteiger partial charge on any atom is -0.397 e. The van der Waals surface area contributed by atoms with Crippen LogP contribution in [0.5, 0.6) is 0 Å². The van der Waals surface area contributed by atoms with Gasteiger partial charge in [-0.15, -0.1) is 0 Å². The Morgan fingerprint density at radius 2 is 2.21 bits per heavy atom. The van der Waals surface area contributed by atoms with Crippen molar-refractivity contribution in [1.82, 2.24) is 4.98 Å². The zero-order chi connectivity index (χ0) is 14.0. The summed E-state index contributed by atoms with van der Waals surface area (Å²) in [5.41, 5.74) is 11.7. The number of aromatic nitrogens is 1. The molecule has 0 bridgehead atoms. The molecule has 1 aliphatic heterocycles. The van der Waals surface area contributed by atoms with Gasteiger partial charge in [-0.1, -0.05) is 13.8 Å². The van der Waals surface area contributed by atoms with Gasteiger partial charge < -0.3 is 16.4 Å². The summed E-state index contributed by atoms with van der Waals surface area (Å²) in [5.74, 6) is 1.32. The van der Waals surface area contributed by atoms with Crippen LogP contribution in [0, 0.1) is 0 Å². The van der Waals surface area contributed by atoms with Crippen LogP contribution in [0.4, 0.5) is 11.5 Å². The molecular weight excluding hydrogens is 260 g/mol. The van der Waals surface area contributed by atoms with E-state index in [4.69, 9.17) is 11.5 Å². The van der Waals surface area contributed by atoms with Gasteiger partial charge in [0.2, 0.25) is 0 Å². The Morgan fingerprint density at radius 3 is 2.89 bits per heavy atom. The number of amides is 1. The van der Waals surface area contributed by atoms with Crippen molar-refractivity contribution in [2.75, 3.05) is 29.5 Å². The van der Waals surface area contributed by atoms with Crippen molar-refractivity contribution in [1.29, 1.82) is 0 Å². The SMILES string of the molecule is CC1(C)CCN(c2cc(C(N)=O)c(N)cn2)CCS1. The van der Waals surface area contributed by atoms with Gasteiger partial charge in [-0.2, -0.15) is 11.8 Å². The summed E-state index contributed by atoms with van der Waals surface area (Å²) in [6.07, 6.45) is 2.59. The van der Waals surface area contributed by atoms with E-state index < -0.39 is 5.91 Å². The normalized spacial score (nSPS) is 18.9. The Morgan fingerprint density at radius 1 is 1.47 bits per heavy atom. The lowest BCUT2D eigenvalue weighted by Gasteiger charge is -2.23. The Labute approximate surface area is 117 Å². The van der Waals surface area contributed by atoms with Crippen molar-refractivity contribution in [2.24, 2.45) is 5.73 Å². The minimum absolute atomic E-state index is 0.287. The van der Waals surface area contributed by atoms with Crippen LogP contribution in [0.25, 0.3) is 0 Å². The van der Waals surface area contributed by atoms with Gasteiger partial charge in [0.15, 0.2) is 0 Å². The van der Waals surface area contributed by atoms with Crippen LogP contribution < -0.4 is 16.4 Å². The third-order valence-electron chi connectivity index (χ3n) is 3.35.